The first kappa shape index (κ1) is 21.6. The van der Waals surface area contributed by atoms with Crippen LogP contribution in [-0.4, -0.2) is 19.6 Å². The zero-order chi connectivity index (χ0) is 18.2. The first-order chi connectivity index (χ1) is 12.0. The van der Waals surface area contributed by atoms with Gasteiger partial charge in [0.2, 0.25) is 0 Å². The number of nitrogens with two attached hydrogens (primary N) is 1. The first-order valence-electron chi connectivity index (χ1n) is 8.52. The van der Waals surface area contributed by atoms with Crippen LogP contribution in [0.3, 0.4) is 0 Å². The number of benzene rings is 2. The second-order valence-electron chi connectivity index (χ2n) is 5.93. The molecule has 2 rings (SSSR count). The van der Waals surface area contributed by atoms with Gasteiger partial charge in [-0.3, -0.25) is 4.79 Å². The molecule has 0 radical (unpaired) electrons. The maximum Gasteiger partial charge on any atom is 0.251 e. The minimum Gasteiger partial charge on any atom is -0.493 e. The van der Waals surface area contributed by atoms with Gasteiger partial charge in [0.15, 0.2) is 11.5 Å². The van der Waals surface area contributed by atoms with Crippen molar-refractivity contribution in [3.05, 3.63) is 53.6 Å². The molecule has 0 aliphatic rings. The van der Waals surface area contributed by atoms with Crippen molar-refractivity contribution < 1.29 is 14.3 Å². The predicted octanol–water partition coefficient (Wildman–Crippen LogP) is 4.37. The molecule has 26 heavy (non-hydrogen) atoms. The van der Waals surface area contributed by atoms with E-state index in [1.165, 1.54) is 0 Å². The van der Waals surface area contributed by atoms with Crippen LogP contribution in [0.2, 0.25) is 0 Å². The van der Waals surface area contributed by atoms with Gasteiger partial charge in [-0.2, -0.15) is 0 Å². The maximum atomic E-state index is 12.4. The van der Waals surface area contributed by atoms with E-state index in [0.29, 0.717) is 29.4 Å². The van der Waals surface area contributed by atoms with E-state index in [1.807, 2.05) is 25.1 Å². The normalized spacial score (nSPS) is 11.2. The molecular formula is C20H27ClN2O3. The number of hydrogen-bond donors (Lipinski definition) is 2. The van der Waals surface area contributed by atoms with E-state index in [2.05, 4.69) is 12.2 Å². The minimum absolute atomic E-state index is 0. The van der Waals surface area contributed by atoms with Crippen molar-refractivity contribution in [1.82, 2.24) is 5.32 Å². The van der Waals surface area contributed by atoms with Crippen LogP contribution >= 0.6 is 12.4 Å². The highest BCUT2D eigenvalue weighted by Gasteiger charge is 2.14. The molecule has 3 N–H and O–H groups in total. The van der Waals surface area contributed by atoms with Crippen LogP contribution in [0, 0.1) is 0 Å². The Kier molecular flexibility index (Phi) is 8.79. The van der Waals surface area contributed by atoms with Gasteiger partial charge < -0.3 is 20.5 Å². The van der Waals surface area contributed by atoms with Crippen molar-refractivity contribution in [3.8, 4) is 11.5 Å². The van der Waals surface area contributed by atoms with Crippen molar-refractivity contribution in [2.45, 2.75) is 32.7 Å². The van der Waals surface area contributed by atoms with Crippen molar-refractivity contribution in [3.63, 3.8) is 0 Å². The van der Waals surface area contributed by atoms with E-state index in [0.717, 1.165) is 18.4 Å². The van der Waals surface area contributed by atoms with Crippen molar-refractivity contribution in [1.29, 1.82) is 0 Å². The molecule has 1 atom stereocenters. The number of rotatable bonds is 8. The number of amides is 1. The number of carbonyl (C=O) groups excluding carboxylic acids is 1. The molecule has 6 heteroatoms. The Hall–Kier alpha value is -2.40. The highest BCUT2D eigenvalue weighted by atomic mass is 35.5. The van der Waals surface area contributed by atoms with Gasteiger partial charge in [0, 0.05) is 11.3 Å². The lowest BCUT2D eigenvalue weighted by atomic mass is 10.1. The molecule has 0 heterocycles. The molecule has 0 saturated heterocycles. The van der Waals surface area contributed by atoms with Gasteiger partial charge in [0.1, 0.15) is 0 Å². The SMILES string of the molecule is CCCCOc1ccc(C(C)NC(=O)c2cccc(N)c2)cc1OC.Cl. The molecule has 0 aromatic heterocycles. The number of methoxy groups -OCH3 is 1. The van der Waals surface area contributed by atoms with Gasteiger partial charge in [-0.15, -0.1) is 12.4 Å². The molecule has 5 nitrogen and oxygen atoms in total. The number of halogens is 1. The fourth-order valence-electron chi connectivity index (χ4n) is 2.44. The number of hydrogen-bond acceptors (Lipinski definition) is 4. The minimum atomic E-state index is -0.174. The average molecular weight is 379 g/mol. The molecule has 0 aliphatic heterocycles. The summed E-state index contributed by atoms with van der Waals surface area (Å²) in [4.78, 5) is 12.4. The lowest BCUT2D eigenvalue weighted by Gasteiger charge is -2.17. The topological polar surface area (TPSA) is 73.6 Å². The van der Waals surface area contributed by atoms with E-state index in [9.17, 15) is 4.79 Å². The molecule has 0 fully saturated rings. The summed E-state index contributed by atoms with van der Waals surface area (Å²) in [5.74, 6) is 1.22. The summed E-state index contributed by atoms with van der Waals surface area (Å²) in [5.41, 5.74) is 7.78. The van der Waals surface area contributed by atoms with Gasteiger partial charge >= 0.3 is 0 Å². The Labute approximate surface area is 161 Å². The molecule has 0 bridgehead atoms. The van der Waals surface area contributed by atoms with Crippen molar-refractivity contribution in [2.75, 3.05) is 19.5 Å². The molecule has 2 aromatic carbocycles. The van der Waals surface area contributed by atoms with Gasteiger partial charge in [0.05, 0.1) is 19.8 Å². The Balaban J connectivity index is 0.00000338. The Morgan fingerprint density at radius 3 is 2.62 bits per heavy atom. The Morgan fingerprint density at radius 2 is 1.96 bits per heavy atom. The zero-order valence-electron chi connectivity index (χ0n) is 15.5. The zero-order valence-corrected chi connectivity index (χ0v) is 16.3. The second-order valence-corrected chi connectivity index (χ2v) is 5.93. The van der Waals surface area contributed by atoms with Crippen LogP contribution in [0.25, 0.3) is 0 Å². The van der Waals surface area contributed by atoms with E-state index < -0.39 is 0 Å². The summed E-state index contributed by atoms with van der Waals surface area (Å²) >= 11 is 0. The number of carbonyl (C=O) groups is 1. The number of ether oxygens (including phenoxy) is 2. The van der Waals surface area contributed by atoms with Gasteiger partial charge in [-0.1, -0.05) is 25.5 Å². The summed E-state index contributed by atoms with van der Waals surface area (Å²) < 4.78 is 11.2. The predicted molar refractivity (Wildman–Crippen MR) is 107 cm³/mol. The summed E-state index contributed by atoms with van der Waals surface area (Å²) in [6, 6.07) is 12.5. The molecule has 142 valence electrons. The van der Waals surface area contributed by atoms with Crippen LogP contribution in [0.15, 0.2) is 42.5 Å². The van der Waals surface area contributed by atoms with Gasteiger partial charge in [-0.25, -0.2) is 0 Å². The van der Waals surface area contributed by atoms with Crippen LogP contribution in [-0.2, 0) is 0 Å². The summed E-state index contributed by atoms with van der Waals surface area (Å²) in [7, 11) is 1.61. The fraction of sp³-hybridized carbons (Fsp3) is 0.350. The highest BCUT2D eigenvalue weighted by Crippen LogP contribution is 2.30. The molecule has 1 unspecified atom stereocenters. The lowest BCUT2D eigenvalue weighted by molar-refractivity contribution is 0.0940. The van der Waals surface area contributed by atoms with E-state index in [4.69, 9.17) is 15.2 Å². The standard InChI is InChI=1S/C20H26N2O3.ClH/c1-4-5-11-25-18-10-9-15(13-19(18)24-3)14(2)22-20(23)16-7-6-8-17(21)12-16;/h6-10,12-14H,4-5,11,21H2,1-3H3,(H,22,23);1H. The third-order valence-electron chi connectivity index (χ3n) is 3.94. The third-order valence-corrected chi connectivity index (χ3v) is 3.94. The largest absolute Gasteiger partial charge is 0.493 e. The number of nitrogens with one attached hydrogen (secondary N) is 1. The fourth-order valence-corrected chi connectivity index (χ4v) is 2.44. The molecule has 0 aliphatic carbocycles. The average Bonchev–Trinajstić information content (AvgIpc) is 2.62. The Morgan fingerprint density at radius 1 is 1.19 bits per heavy atom. The monoisotopic (exact) mass is 378 g/mol. The number of anilines is 1. The van der Waals surface area contributed by atoms with Crippen LogP contribution < -0.4 is 20.5 Å². The number of nitrogen functional groups attached to an aromatic ring is 1. The van der Waals surface area contributed by atoms with E-state index >= 15 is 0 Å². The highest BCUT2D eigenvalue weighted by molar-refractivity contribution is 5.95. The van der Waals surface area contributed by atoms with Crippen LogP contribution in [0.1, 0.15) is 48.7 Å². The molecule has 0 saturated carbocycles. The van der Waals surface area contributed by atoms with Crippen molar-refractivity contribution >= 4 is 24.0 Å². The van der Waals surface area contributed by atoms with Crippen LogP contribution in [0.4, 0.5) is 5.69 Å². The van der Waals surface area contributed by atoms with Gasteiger partial charge in [-0.05, 0) is 49.2 Å². The first-order valence-corrected chi connectivity index (χ1v) is 8.52. The van der Waals surface area contributed by atoms with Gasteiger partial charge in [0.25, 0.3) is 5.91 Å². The number of unbranched alkanes of at least 4 members (excludes halogenated alkanes) is 1. The Bertz CT molecular complexity index is 722. The summed E-state index contributed by atoms with van der Waals surface area (Å²) in [5, 5.41) is 2.97. The summed E-state index contributed by atoms with van der Waals surface area (Å²) in [6.07, 6.45) is 2.07. The molecule has 2 aromatic rings. The maximum absolute atomic E-state index is 12.4. The summed E-state index contributed by atoms with van der Waals surface area (Å²) in [6.45, 7) is 4.71. The third kappa shape index (κ3) is 5.85. The second kappa shape index (κ2) is 10.6. The van der Waals surface area contributed by atoms with Crippen LogP contribution in [0.5, 0.6) is 11.5 Å². The van der Waals surface area contributed by atoms with Crippen molar-refractivity contribution in [2.24, 2.45) is 0 Å². The lowest BCUT2D eigenvalue weighted by Crippen LogP contribution is -2.26. The quantitative estimate of drug-likeness (QED) is 0.528. The molecule has 1 amide bonds. The van der Waals surface area contributed by atoms with E-state index in [1.54, 1.807) is 31.4 Å². The van der Waals surface area contributed by atoms with E-state index in [-0.39, 0.29) is 24.4 Å². The smallest absolute Gasteiger partial charge is 0.251 e. The molecule has 0 spiro atoms. The molecular weight excluding hydrogens is 352 g/mol.